The van der Waals surface area contributed by atoms with Crippen LogP contribution in [0.1, 0.15) is 12.0 Å². The number of ether oxygens (including phenoxy) is 2. The molecule has 1 aliphatic heterocycles. The fourth-order valence-electron chi connectivity index (χ4n) is 2.00. The monoisotopic (exact) mass is 226 g/mol. The van der Waals surface area contributed by atoms with Crippen LogP contribution in [0.4, 0.5) is 0 Å². The first-order valence-electron chi connectivity index (χ1n) is 5.88. The van der Waals surface area contributed by atoms with E-state index in [-0.39, 0.29) is 6.29 Å². The van der Waals surface area contributed by atoms with E-state index < -0.39 is 0 Å². The molecule has 0 aliphatic carbocycles. The van der Waals surface area contributed by atoms with Crippen LogP contribution in [-0.2, 0) is 6.42 Å². The van der Waals surface area contributed by atoms with Crippen LogP contribution in [0.5, 0.6) is 11.5 Å². The average Bonchev–Trinajstić information content (AvgIpc) is 2.80. The van der Waals surface area contributed by atoms with Crippen LogP contribution in [0.25, 0.3) is 0 Å². The Balaban J connectivity index is 1.59. The number of hydrogen-bond donors (Lipinski definition) is 0. The van der Waals surface area contributed by atoms with Gasteiger partial charge in [0.15, 0.2) is 11.5 Å². The van der Waals surface area contributed by atoms with Crippen molar-refractivity contribution in [3.8, 4) is 11.5 Å². The molecule has 2 aromatic rings. The molecule has 1 heterocycles. The molecule has 17 heavy (non-hydrogen) atoms. The van der Waals surface area contributed by atoms with E-state index in [4.69, 9.17) is 9.47 Å². The first-order valence-corrected chi connectivity index (χ1v) is 5.88. The summed E-state index contributed by atoms with van der Waals surface area (Å²) in [6.07, 6.45) is 1.70. The molecule has 0 radical (unpaired) electrons. The van der Waals surface area contributed by atoms with E-state index in [0.29, 0.717) is 0 Å². The van der Waals surface area contributed by atoms with Crippen LogP contribution in [0.3, 0.4) is 0 Å². The maximum atomic E-state index is 5.71. The van der Waals surface area contributed by atoms with Gasteiger partial charge in [-0.05, 0) is 24.1 Å². The quantitative estimate of drug-likeness (QED) is 0.798. The van der Waals surface area contributed by atoms with Gasteiger partial charge in [-0.2, -0.15) is 0 Å². The summed E-state index contributed by atoms with van der Waals surface area (Å²) in [6.45, 7) is 0. The van der Waals surface area contributed by atoms with E-state index in [1.165, 1.54) is 5.56 Å². The normalized spacial score (nSPS) is 13.9. The summed E-state index contributed by atoms with van der Waals surface area (Å²) in [5.74, 6) is 1.70. The Morgan fingerprint density at radius 3 is 2.00 bits per heavy atom. The van der Waals surface area contributed by atoms with Gasteiger partial charge in [-0.25, -0.2) is 0 Å². The van der Waals surface area contributed by atoms with Gasteiger partial charge in [0.05, 0.1) is 0 Å². The number of hydrogen-bond acceptors (Lipinski definition) is 2. The standard InChI is InChI=1S/C15H14O2/c1-2-6-12(7-3-1)10-11-15-16-13-8-4-5-9-14(13)17-15/h1-9,15H,10-11H2. The lowest BCUT2D eigenvalue weighted by atomic mass is 10.1. The second-order valence-electron chi connectivity index (χ2n) is 4.14. The molecule has 2 nitrogen and oxygen atoms in total. The molecule has 0 spiro atoms. The molecule has 0 saturated carbocycles. The SMILES string of the molecule is c1ccc(CCC2Oc3ccccc3O2)cc1. The van der Waals surface area contributed by atoms with Crippen LogP contribution in [0.15, 0.2) is 54.6 Å². The van der Waals surface area contributed by atoms with Gasteiger partial charge in [0, 0.05) is 6.42 Å². The molecule has 86 valence electrons. The third-order valence-electron chi connectivity index (χ3n) is 2.88. The van der Waals surface area contributed by atoms with Crippen molar-refractivity contribution in [3.63, 3.8) is 0 Å². The lowest BCUT2D eigenvalue weighted by molar-refractivity contribution is 0.0422. The molecule has 2 heteroatoms. The second kappa shape index (κ2) is 4.50. The van der Waals surface area contributed by atoms with Gasteiger partial charge in [0.1, 0.15) is 0 Å². The summed E-state index contributed by atoms with van der Waals surface area (Å²) in [4.78, 5) is 0. The number of fused-ring (bicyclic) bond motifs is 1. The zero-order chi connectivity index (χ0) is 11.5. The van der Waals surface area contributed by atoms with Crippen LogP contribution in [-0.4, -0.2) is 6.29 Å². The molecular weight excluding hydrogens is 212 g/mol. The smallest absolute Gasteiger partial charge is 0.241 e. The highest BCUT2D eigenvalue weighted by molar-refractivity contribution is 5.41. The molecule has 2 aromatic carbocycles. The van der Waals surface area contributed by atoms with Crippen molar-refractivity contribution in [2.45, 2.75) is 19.1 Å². The van der Waals surface area contributed by atoms with Crippen molar-refractivity contribution in [1.29, 1.82) is 0 Å². The molecule has 1 aliphatic rings. The summed E-state index contributed by atoms with van der Waals surface area (Å²) in [5.41, 5.74) is 1.32. The molecule has 0 aromatic heterocycles. The second-order valence-corrected chi connectivity index (χ2v) is 4.14. The fraction of sp³-hybridized carbons (Fsp3) is 0.200. The van der Waals surface area contributed by atoms with Crippen molar-refractivity contribution in [2.75, 3.05) is 0 Å². The van der Waals surface area contributed by atoms with Crippen LogP contribution < -0.4 is 9.47 Å². The summed E-state index contributed by atoms with van der Waals surface area (Å²) in [6, 6.07) is 18.2. The number of benzene rings is 2. The molecule has 3 rings (SSSR count). The maximum Gasteiger partial charge on any atom is 0.241 e. The first-order chi connectivity index (χ1) is 8.42. The summed E-state index contributed by atoms with van der Waals surface area (Å²) in [5, 5.41) is 0. The molecule has 0 fully saturated rings. The van der Waals surface area contributed by atoms with E-state index in [0.717, 1.165) is 24.3 Å². The van der Waals surface area contributed by atoms with E-state index >= 15 is 0 Å². The lowest BCUT2D eigenvalue weighted by Gasteiger charge is -2.09. The predicted octanol–water partition coefficient (Wildman–Crippen LogP) is 3.42. The van der Waals surface area contributed by atoms with Gasteiger partial charge < -0.3 is 9.47 Å². The van der Waals surface area contributed by atoms with E-state index in [1.807, 2.05) is 30.3 Å². The maximum absolute atomic E-state index is 5.71. The van der Waals surface area contributed by atoms with Gasteiger partial charge in [-0.1, -0.05) is 42.5 Å². The number of rotatable bonds is 3. The molecule has 0 amide bonds. The number of para-hydroxylation sites is 2. The Labute approximate surface area is 101 Å². The third kappa shape index (κ3) is 2.26. The zero-order valence-corrected chi connectivity index (χ0v) is 9.50. The van der Waals surface area contributed by atoms with Crippen molar-refractivity contribution >= 4 is 0 Å². The van der Waals surface area contributed by atoms with Crippen molar-refractivity contribution in [1.82, 2.24) is 0 Å². The van der Waals surface area contributed by atoms with E-state index in [1.54, 1.807) is 0 Å². The lowest BCUT2D eigenvalue weighted by Crippen LogP contribution is -2.18. The topological polar surface area (TPSA) is 18.5 Å². The number of aryl methyl sites for hydroxylation is 1. The molecule has 0 bridgehead atoms. The van der Waals surface area contributed by atoms with Crippen LogP contribution in [0.2, 0.25) is 0 Å². The molecule has 0 saturated heterocycles. The Bertz CT molecular complexity index is 468. The minimum atomic E-state index is -0.146. The Kier molecular flexibility index (Phi) is 2.70. The molecule has 0 unspecified atom stereocenters. The molecule has 0 N–H and O–H groups in total. The molecule has 0 atom stereocenters. The van der Waals surface area contributed by atoms with Gasteiger partial charge in [0.2, 0.25) is 6.29 Å². The van der Waals surface area contributed by atoms with Gasteiger partial charge in [-0.15, -0.1) is 0 Å². The average molecular weight is 226 g/mol. The summed E-state index contributed by atoms with van der Waals surface area (Å²) >= 11 is 0. The fourth-order valence-corrected chi connectivity index (χ4v) is 2.00. The minimum absolute atomic E-state index is 0.146. The van der Waals surface area contributed by atoms with Crippen molar-refractivity contribution in [2.24, 2.45) is 0 Å². The molecular formula is C15H14O2. The Morgan fingerprint density at radius 1 is 0.765 bits per heavy atom. The highest BCUT2D eigenvalue weighted by Gasteiger charge is 2.22. The summed E-state index contributed by atoms with van der Waals surface area (Å²) < 4.78 is 11.4. The van der Waals surface area contributed by atoms with E-state index in [9.17, 15) is 0 Å². The van der Waals surface area contributed by atoms with Crippen LogP contribution in [0, 0.1) is 0 Å². The highest BCUT2D eigenvalue weighted by atomic mass is 16.7. The summed E-state index contributed by atoms with van der Waals surface area (Å²) in [7, 11) is 0. The Hall–Kier alpha value is -1.96. The van der Waals surface area contributed by atoms with Gasteiger partial charge in [0.25, 0.3) is 0 Å². The third-order valence-corrected chi connectivity index (χ3v) is 2.88. The van der Waals surface area contributed by atoms with Crippen molar-refractivity contribution < 1.29 is 9.47 Å². The zero-order valence-electron chi connectivity index (χ0n) is 9.50. The predicted molar refractivity (Wildman–Crippen MR) is 66.2 cm³/mol. The highest BCUT2D eigenvalue weighted by Crippen LogP contribution is 2.34. The Morgan fingerprint density at radius 2 is 1.35 bits per heavy atom. The first kappa shape index (κ1) is 10.2. The van der Waals surface area contributed by atoms with Crippen molar-refractivity contribution in [3.05, 3.63) is 60.2 Å². The van der Waals surface area contributed by atoms with Crippen LogP contribution >= 0.6 is 0 Å². The van der Waals surface area contributed by atoms with Gasteiger partial charge in [-0.3, -0.25) is 0 Å². The van der Waals surface area contributed by atoms with Gasteiger partial charge >= 0.3 is 0 Å². The minimum Gasteiger partial charge on any atom is -0.451 e. The largest absolute Gasteiger partial charge is 0.451 e. The van der Waals surface area contributed by atoms with E-state index in [2.05, 4.69) is 24.3 Å².